The number of carbonyl (C=O) groups excluding carboxylic acids is 1. The van der Waals surface area contributed by atoms with Gasteiger partial charge in [-0.05, 0) is 30.2 Å². The zero-order valence-electron chi connectivity index (χ0n) is 12.8. The van der Waals surface area contributed by atoms with Gasteiger partial charge in [-0.2, -0.15) is 0 Å². The van der Waals surface area contributed by atoms with E-state index in [-0.39, 0.29) is 5.91 Å². The second kappa shape index (κ2) is 6.02. The number of carbonyl (C=O) groups is 1. The van der Waals surface area contributed by atoms with E-state index in [1.807, 2.05) is 66.9 Å². The molecule has 0 fully saturated rings. The minimum atomic E-state index is -0.133. The third-order valence-electron chi connectivity index (χ3n) is 3.85. The molecule has 0 aliphatic heterocycles. The number of nitrogens with one attached hydrogen (secondary N) is 1. The first-order valence-corrected chi connectivity index (χ1v) is 7.49. The van der Waals surface area contributed by atoms with Gasteiger partial charge in [-0.1, -0.05) is 37.3 Å². The summed E-state index contributed by atoms with van der Waals surface area (Å²) in [4.78, 5) is 17.0. The lowest BCUT2D eigenvalue weighted by atomic mass is 10.1. The fourth-order valence-electron chi connectivity index (χ4n) is 2.59. The molecule has 3 rings (SSSR count). The first kappa shape index (κ1) is 14.3. The standard InChI is InChI=1S/C18H19N3O/c1-3-16-20-17(15-10-6-7-11-21(15)16)18(22)19-12-14-9-5-4-8-13(14)2/h4-11H,3,12H2,1-2H3,(H,19,22). The van der Waals surface area contributed by atoms with E-state index in [4.69, 9.17) is 0 Å². The Morgan fingerprint density at radius 3 is 2.73 bits per heavy atom. The molecule has 0 bridgehead atoms. The van der Waals surface area contributed by atoms with Crippen LogP contribution in [0.4, 0.5) is 0 Å². The fourth-order valence-corrected chi connectivity index (χ4v) is 2.59. The zero-order valence-corrected chi connectivity index (χ0v) is 12.8. The Kier molecular flexibility index (Phi) is 3.92. The van der Waals surface area contributed by atoms with E-state index in [0.29, 0.717) is 12.2 Å². The molecule has 3 aromatic rings. The van der Waals surface area contributed by atoms with E-state index in [1.165, 1.54) is 5.56 Å². The van der Waals surface area contributed by atoms with Gasteiger partial charge >= 0.3 is 0 Å². The summed E-state index contributed by atoms with van der Waals surface area (Å²) in [6.45, 7) is 4.60. The summed E-state index contributed by atoms with van der Waals surface area (Å²) in [6.07, 6.45) is 2.73. The van der Waals surface area contributed by atoms with Crippen LogP contribution in [-0.2, 0) is 13.0 Å². The summed E-state index contributed by atoms with van der Waals surface area (Å²) in [5.74, 6) is 0.767. The van der Waals surface area contributed by atoms with Gasteiger partial charge in [-0.25, -0.2) is 4.98 Å². The Bertz CT molecular complexity index is 820. The molecule has 4 nitrogen and oxygen atoms in total. The van der Waals surface area contributed by atoms with Gasteiger partial charge < -0.3 is 9.72 Å². The van der Waals surface area contributed by atoms with E-state index < -0.39 is 0 Å². The summed E-state index contributed by atoms with van der Waals surface area (Å²) < 4.78 is 1.97. The first-order valence-electron chi connectivity index (χ1n) is 7.49. The number of rotatable bonds is 4. The minimum Gasteiger partial charge on any atom is -0.347 e. The summed E-state index contributed by atoms with van der Waals surface area (Å²) in [5, 5.41) is 2.97. The molecule has 0 aliphatic carbocycles. The largest absolute Gasteiger partial charge is 0.347 e. The molecule has 0 atom stereocenters. The van der Waals surface area contributed by atoms with Crippen LogP contribution < -0.4 is 5.32 Å². The normalized spacial score (nSPS) is 10.8. The van der Waals surface area contributed by atoms with Gasteiger partial charge in [0.05, 0.1) is 5.52 Å². The van der Waals surface area contributed by atoms with Crippen molar-refractivity contribution in [2.45, 2.75) is 26.8 Å². The molecule has 0 unspecified atom stereocenters. The fraction of sp³-hybridized carbons (Fsp3) is 0.222. The van der Waals surface area contributed by atoms with Crippen LogP contribution in [0.15, 0.2) is 48.7 Å². The van der Waals surface area contributed by atoms with E-state index >= 15 is 0 Å². The highest BCUT2D eigenvalue weighted by Crippen LogP contribution is 2.14. The molecule has 1 amide bonds. The molecule has 2 aromatic heterocycles. The quantitative estimate of drug-likeness (QED) is 0.803. The number of hydrogen-bond acceptors (Lipinski definition) is 2. The maximum absolute atomic E-state index is 12.5. The number of benzene rings is 1. The van der Waals surface area contributed by atoms with Gasteiger partial charge in [0.15, 0.2) is 5.69 Å². The first-order chi connectivity index (χ1) is 10.7. The molecule has 0 aliphatic rings. The van der Waals surface area contributed by atoms with Crippen molar-refractivity contribution in [3.63, 3.8) is 0 Å². The predicted molar refractivity (Wildman–Crippen MR) is 86.9 cm³/mol. The van der Waals surface area contributed by atoms with Crippen molar-refractivity contribution in [2.75, 3.05) is 0 Å². The highest BCUT2D eigenvalue weighted by atomic mass is 16.1. The zero-order chi connectivity index (χ0) is 15.5. The van der Waals surface area contributed by atoms with Crippen molar-refractivity contribution >= 4 is 11.4 Å². The van der Waals surface area contributed by atoms with Crippen molar-refractivity contribution in [3.8, 4) is 0 Å². The Hall–Kier alpha value is -2.62. The molecular weight excluding hydrogens is 274 g/mol. The van der Waals surface area contributed by atoms with Crippen LogP contribution in [-0.4, -0.2) is 15.3 Å². The number of hydrogen-bond donors (Lipinski definition) is 1. The summed E-state index contributed by atoms with van der Waals surface area (Å²) in [7, 11) is 0. The smallest absolute Gasteiger partial charge is 0.272 e. The van der Waals surface area contributed by atoms with Crippen LogP contribution in [0.1, 0.15) is 34.4 Å². The van der Waals surface area contributed by atoms with Crippen molar-refractivity contribution in [1.82, 2.24) is 14.7 Å². The van der Waals surface area contributed by atoms with Crippen molar-refractivity contribution < 1.29 is 4.79 Å². The predicted octanol–water partition coefficient (Wildman–Crippen LogP) is 3.14. The SMILES string of the molecule is CCc1nc(C(=O)NCc2ccccc2C)c2ccccn12. The van der Waals surface area contributed by atoms with E-state index in [9.17, 15) is 4.79 Å². The minimum absolute atomic E-state index is 0.133. The van der Waals surface area contributed by atoms with Gasteiger partial charge in [-0.15, -0.1) is 0 Å². The number of aryl methyl sites for hydroxylation is 2. The Balaban J connectivity index is 1.85. The third kappa shape index (κ3) is 2.60. The average Bonchev–Trinajstić information content (AvgIpc) is 2.93. The van der Waals surface area contributed by atoms with Gasteiger partial charge in [-0.3, -0.25) is 4.79 Å². The van der Waals surface area contributed by atoms with Gasteiger partial charge in [0.2, 0.25) is 0 Å². The summed E-state index contributed by atoms with van der Waals surface area (Å²) in [6, 6.07) is 13.8. The molecule has 112 valence electrons. The second-order valence-corrected chi connectivity index (χ2v) is 5.30. The molecule has 0 saturated heterocycles. The summed E-state index contributed by atoms with van der Waals surface area (Å²) in [5.41, 5.74) is 3.63. The molecular formula is C18H19N3O. The second-order valence-electron chi connectivity index (χ2n) is 5.30. The maximum Gasteiger partial charge on any atom is 0.272 e. The molecule has 2 heterocycles. The van der Waals surface area contributed by atoms with Crippen molar-refractivity contribution in [2.24, 2.45) is 0 Å². The van der Waals surface area contributed by atoms with Crippen LogP contribution in [0, 0.1) is 6.92 Å². The van der Waals surface area contributed by atoms with E-state index in [0.717, 1.165) is 23.3 Å². The molecule has 1 aromatic carbocycles. The number of aromatic nitrogens is 2. The molecule has 1 N–H and O–H groups in total. The Morgan fingerprint density at radius 1 is 1.18 bits per heavy atom. The van der Waals surface area contributed by atoms with Crippen LogP contribution in [0.25, 0.3) is 5.52 Å². The molecule has 0 saturated carbocycles. The monoisotopic (exact) mass is 293 g/mol. The number of nitrogens with zero attached hydrogens (tertiary/aromatic N) is 2. The van der Waals surface area contributed by atoms with Gasteiger partial charge in [0.1, 0.15) is 5.82 Å². The number of fused-ring (bicyclic) bond motifs is 1. The highest BCUT2D eigenvalue weighted by Gasteiger charge is 2.16. The lowest BCUT2D eigenvalue weighted by Gasteiger charge is -2.06. The molecule has 22 heavy (non-hydrogen) atoms. The molecule has 0 spiro atoms. The number of pyridine rings is 1. The van der Waals surface area contributed by atoms with E-state index in [2.05, 4.69) is 10.3 Å². The Labute approximate surface area is 129 Å². The summed E-state index contributed by atoms with van der Waals surface area (Å²) >= 11 is 0. The van der Waals surface area contributed by atoms with Crippen LogP contribution in [0.5, 0.6) is 0 Å². The van der Waals surface area contributed by atoms with Gasteiger partial charge in [0, 0.05) is 19.2 Å². The van der Waals surface area contributed by atoms with Crippen molar-refractivity contribution in [3.05, 3.63) is 71.3 Å². The topological polar surface area (TPSA) is 46.4 Å². The maximum atomic E-state index is 12.5. The molecule has 0 radical (unpaired) electrons. The van der Waals surface area contributed by atoms with E-state index in [1.54, 1.807) is 0 Å². The van der Waals surface area contributed by atoms with Crippen molar-refractivity contribution in [1.29, 1.82) is 0 Å². The highest BCUT2D eigenvalue weighted by molar-refractivity contribution is 5.99. The van der Waals surface area contributed by atoms with Crippen LogP contribution in [0.2, 0.25) is 0 Å². The van der Waals surface area contributed by atoms with Crippen LogP contribution >= 0.6 is 0 Å². The third-order valence-corrected chi connectivity index (χ3v) is 3.85. The lowest BCUT2D eigenvalue weighted by Crippen LogP contribution is -2.23. The Morgan fingerprint density at radius 2 is 1.95 bits per heavy atom. The number of amides is 1. The lowest BCUT2D eigenvalue weighted by molar-refractivity contribution is 0.0948. The number of imidazole rings is 1. The molecule has 4 heteroatoms. The van der Waals surface area contributed by atoms with Crippen LogP contribution in [0.3, 0.4) is 0 Å². The van der Waals surface area contributed by atoms with Gasteiger partial charge in [0.25, 0.3) is 5.91 Å². The average molecular weight is 293 g/mol.